The quantitative estimate of drug-likeness (QED) is 0.299. The molecule has 0 N–H and O–H groups in total. The summed E-state index contributed by atoms with van der Waals surface area (Å²) in [7, 11) is 1.83. The Balaban J connectivity index is 0. The van der Waals surface area contributed by atoms with Crippen LogP contribution in [0.25, 0.3) is 21.5 Å². The molecule has 4 aromatic carbocycles. The van der Waals surface area contributed by atoms with Crippen LogP contribution in [0.3, 0.4) is 0 Å². The van der Waals surface area contributed by atoms with Crippen molar-refractivity contribution in [2.75, 3.05) is 7.11 Å². The molecule has 0 heterocycles. The first-order chi connectivity index (χ1) is 11.3. The SMILES string of the molecule is C[O-].C[Si]C.[Cl-].[Zr+4].c1ccc2[cH-]ccc2c1.c1ccc2[cH-]ccc2c1. The van der Waals surface area contributed by atoms with Crippen molar-refractivity contribution in [2.45, 2.75) is 13.1 Å². The molecule has 0 bridgehead atoms. The fourth-order valence-corrected chi connectivity index (χ4v) is 2.14. The molecule has 0 aromatic heterocycles. The van der Waals surface area contributed by atoms with E-state index >= 15 is 0 Å². The molecule has 2 radical (unpaired) electrons. The third kappa shape index (κ3) is 9.32. The minimum absolute atomic E-state index is 0. The minimum Gasteiger partial charge on any atom is -1.00 e. The van der Waals surface area contributed by atoms with E-state index < -0.39 is 0 Å². The topological polar surface area (TPSA) is 23.1 Å². The van der Waals surface area contributed by atoms with Crippen LogP contribution in [0.1, 0.15) is 0 Å². The maximum absolute atomic E-state index is 8.25. The Morgan fingerprint density at radius 1 is 0.680 bits per heavy atom. The Morgan fingerprint density at radius 3 is 1.32 bits per heavy atom. The molecule has 128 valence electrons. The normalized spacial score (nSPS) is 8.32. The van der Waals surface area contributed by atoms with Crippen molar-refractivity contribution in [3.8, 4) is 0 Å². The first-order valence-electron chi connectivity index (χ1n) is 7.55. The first-order valence-corrected chi connectivity index (χ1v) is 9.55. The predicted molar refractivity (Wildman–Crippen MR) is 102 cm³/mol. The number of rotatable bonds is 0. The van der Waals surface area contributed by atoms with Crippen LogP contribution in [0.5, 0.6) is 0 Å². The van der Waals surface area contributed by atoms with Crippen molar-refractivity contribution in [1.82, 2.24) is 0 Å². The van der Waals surface area contributed by atoms with Gasteiger partial charge >= 0.3 is 26.2 Å². The molecule has 1 nitrogen and oxygen atoms in total. The summed E-state index contributed by atoms with van der Waals surface area (Å²) in [4.78, 5) is 0. The molecule has 0 atom stereocenters. The van der Waals surface area contributed by atoms with Gasteiger partial charge in [0.05, 0.1) is 0 Å². The molecule has 0 spiro atoms. The molecule has 0 saturated carbocycles. The monoisotopic (exact) mass is 444 g/mol. The molecule has 0 fully saturated rings. The van der Waals surface area contributed by atoms with Crippen LogP contribution in [0.2, 0.25) is 13.1 Å². The Morgan fingerprint density at radius 2 is 1.00 bits per heavy atom. The molecule has 4 aromatic rings. The average molecular weight is 446 g/mol. The van der Waals surface area contributed by atoms with Crippen LogP contribution < -0.4 is 17.5 Å². The second kappa shape index (κ2) is 16.5. The molecule has 0 amide bonds. The van der Waals surface area contributed by atoms with Crippen molar-refractivity contribution >= 4 is 31.1 Å². The predicted octanol–water partition coefficient (Wildman–Crippen LogP) is 1.88. The van der Waals surface area contributed by atoms with Gasteiger partial charge in [-0.05, 0) is 0 Å². The van der Waals surface area contributed by atoms with E-state index in [9.17, 15) is 0 Å². The largest absolute Gasteiger partial charge is 4.00 e. The second-order valence-corrected chi connectivity index (χ2v) is 5.81. The van der Waals surface area contributed by atoms with Gasteiger partial charge in [-0.3, -0.25) is 0 Å². The Kier molecular flexibility index (Phi) is 17.3. The standard InChI is InChI=1S/2C9H7.C2H6Si.CH3O.ClH.Zr/c2*1-2-5-9-7-3-6-8(9)4-1;1-3-2;1-2;;/h2*1-7H;1-2H3;1H3;1H;/q2*-1;;-1;;+4/p-1. The van der Waals surface area contributed by atoms with Crippen molar-refractivity contribution in [2.24, 2.45) is 0 Å². The molecule has 0 unspecified atom stereocenters. The van der Waals surface area contributed by atoms with Crippen LogP contribution in [-0.4, -0.2) is 16.6 Å². The van der Waals surface area contributed by atoms with Gasteiger partial charge in [0.15, 0.2) is 0 Å². The van der Waals surface area contributed by atoms with E-state index in [4.69, 9.17) is 5.11 Å². The molecule has 0 aliphatic heterocycles. The molecule has 4 heteroatoms. The maximum atomic E-state index is 8.25. The van der Waals surface area contributed by atoms with Crippen LogP contribution in [0.4, 0.5) is 0 Å². The number of hydrogen-bond acceptors (Lipinski definition) is 1. The summed E-state index contributed by atoms with van der Waals surface area (Å²) < 4.78 is 0. The fraction of sp³-hybridized carbons (Fsp3) is 0.143. The zero-order valence-corrected chi connectivity index (χ0v) is 19.1. The van der Waals surface area contributed by atoms with Crippen molar-refractivity contribution in [3.05, 3.63) is 84.9 Å². The van der Waals surface area contributed by atoms with Crippen LogP contribution in [-0.2, 0) is 26.2 Å². The maximum Gasteiger partial charge on any atom is 4.00 e. The number of halogens is 1. The average Bonchev–Trinajstić information content (AvgIpc) is 3.27. The van der Waals surface area contributed by atoms with Gasteiger partial charge in [-0.2, -0.15) is 42.1 Å². The molecule has 4 rings (SSSR count). The van der Waals surface area contributed by atoms with Gasteiger partial charge in [0.2, 0.25) is 0 Å². The number of benzene rings is 2. The van der Waals surface area contributed by atoms with E-state index in [-0.39, 0.29) is 38.6 Å². The molecule has 25 heavy (non-hydrogen) atoms. The summed E-state index contributed by atoms with van der Waals surface area (Å²) in [5.74, 6) is 0. The van der Waals surface area contributed by atoms with Gasteiger partial charge in [0, 0.05) is 9.52 Å². The van der Waals surface area contributed by atoms with Gasteiger partial charge in [-0.1, -0.05) is 25.2 Å². The minimum atomic E-state index is 0. The van der Waals surface area contributed by atoms with E-state index in [0.717, 1.165) is 16.6 Å². The Bertz CT molecular complexity index is 653. The van der Waals surface area contributed by atoms with Gasteiger partial charge < -0.3 is 17.5 Å². The smallest absolute Gasteiger partial charge is 1.00 e. The number of hydrogen-bond donors (Lipinski definition) is 0. The summed E-state index contributed by atoms with van der Waals surface area (Å²) >= 11 is 0. The van der Waals surface area contributed by atoms with Gasteiger partial charge in [-0.25, -0.2) is 0 Å². The number of fused-ring (bicyclic) bond motifs is 2. The van der Waals surface area contributed by atoms with E-state index in [1.165, 1.54) is 21.5 Å². The van der Waals surface area contributed by atoms with Crippen LogP contribution >= 0.6 is 0 Å². The summed E-state index contributed by atoms with van der Waals surface area (Å²) in [6, 6.07) is 29.3. The van der Waals surface area contributed by atoms with E-state index in [0.29, 0.717) is 0 Å². The zero-order chi connectivity index (χ0) is 16.9. The summed E-state index contributed by atoms with van der Waals surface area (Å²) in [6.45, 7) is 4.31. The van der Waals surface area contributed by atoms with Crippen molar-refractivity contribution in [3.63, 3.8) is 0 Å². The van der Waals surface area contributed by atoms with E-state index in [1.54, 1.807) is 0 Å². The molecule has 0 aliphatic carbocycles. The van der Waals surface area contributed by atoms with Crippen molar-refractivity contribution < 1.29 is 43.7 Å². The van der Waals surface area contributed by atoms with E-state index in [1.807, 2.05) is 0 Å². The Hall–Kier alpha value is -0.990. The van der Waals surface area contributed by atoms with Crippen molar-refractivity contribution in [1.29, 1.82) is 0 Å². The first kappa shape index (κ1) is 26.2. The second-order valence-electron chi connectivity index (χ2n) is 4.81. The van der Waals surface area contributed by atoms with Gasteiger partial charge in [0.25, 0.3) is 0 Å². The zero-order valence-electron chi connectivity index (χ0n) is 14.9. The third-order valence-electron chi connectivity index (χ3n) is 3.10. The third-order valence-corrected chi connectivity index (χ3v) is 3.10. The summed E-state index contributed by atoms with van der Waals surface area (Å²) in [6.07, 6.45) is 0. The molecule has 0 aliphatic rings. The summed E-state index contributed by atoms with van der Waals surface area (Å²) in [5, 5.41) is 13.6. The molecular formula is C21H23ClOSiZr. The van der Waals surface area contributed by atoms with Gasteiger partial charge in [-0.15, -0.1) is 59.3 Å². The van der Waals surface area contributed by atoms with E-state index in [2.05, 4.69) is 98.0 Å². The van der Waals surface area contributed by atoms with Crippen LogP contribution in [0, 0.1) is 0 Å². The Labute approximate surface area is 179 Å². The fourth-order valence-electron chi connectivity index (χ4n) is 2.14. The van der Waals surface area contributed by atoms with Crippen LogP contribution in [0.15, 0.2) is 84.9 Å². The summed E-state index contributed by atoms with van der Waals surface area (Å²) in [5.41, 5.74) is 0. The van der Waals surface area contributed by atoms with Gasteiger partial charge in [0.1, 0.15) is 0 Å². The molecular weight excluding hydrogens is 423 g/mol. The molecule has 0 saturated heterocycles.